The lowest BCUT2D eigenvalue weighted by molar-refractivity contribution is 0.0934. The van der Waals surface area contributed by atoms with Gasteiger partial charge in [0, 0.05) is 128 Å². The number of nitrogens with zero attached hydrogens (tertiary/aromatic N) is 6. The maximum absolute atomic E-state index is 13.4. The number of benzene rings is 1. The van der Waals surface area contributed by atoms with Crippen molar-refractivity contribution in [1.82, 2.24) is 49.3 Å². The molecular weight excluding hydrogens is 1010 g/mol. The first-order chi connectivity index (χ1) is 36.9. The molecule has 0 saturated heterocycles. The molecule has 5 rings (SSSR count). The minimum Gasteiger partial charge on any atom is -0.503 e. The highest BCUT2D eigenvalue weighted by atomic mass is 16.3. The number of carbonyl (C=O) groups excluding carboxylic acids is 3. The van der Waals surface area contributed by atoms with Gasteiger partial charge in [0.05, 0.1) is 43.1 Å². The first-order valence-electron chi connectivity index (χ1n) is 24.6. The third-order valence-electron chi connectivity index (χ3n) is 12.4. The molecule has 0 spiro atoms. The van der Waals surface area contributed by atoms with Crippen LogP contribution in [0.25, 0.3) is 0 Å². The maximum Gasteiger partial charge on any atom is 0.293 e. The molecule has 15 N–H and O–H groups in total. The zero-order chi connectivity index (χ0) is 56.2. The topological polar surface area (TPSA) is 402 Å². The average Bonchev–Trinajstić information content (AvgIpc) is 3.40. The molecule has 0 radical (unpaired) electrons. The molecule has 4 aromatic heterocycles. The van der Waals surface area contributed by atoms with Crippen molar-refractivity contribution in [2.24, 2.45) is 5.92 Å². The zero-order valence-electron chi connectivity index (χ0n) is 42.2. The molecule has 4 heterocycles. The van der Waals surface area contributed by atoms with Crippen LogP contribution in [-0.4, -0.2) is 184 Å². The molecule has 0 bridgehead atoms. The van der Waals surface area contributed by atoms with E-state index in [9.17, 15) is 79.5 Å². The SMILES string of the molecule is Nc1ccc(CC(CN(CCNC(=O)c2ccn(CCO)c(=O)c2O)CCNC(=O)c2ccn(CCO)c(=O)c2O)CN(CCNC(=O)c2ccn(CCO)c(=O)c2O)CCNC(O)c2ccn(CCO)c(=O)c2O)cc1. The van der Waals surface area contributed by atoms with Crippen LogP contribution in [0.2, 0.25) is 0 Å². The van der Waals surface area contributed by atoms with Crippen molar-refractivity contribution in [3.63, 3.8) is 0 Å². The predicted octanol–water partition coefficient (Wildman–Crippen LogP) is -3.96. The van der Waals surface area contributed by atoms with Crippen LogP contribution < -0.4 is 49.2 Å². The number of hydrogen-bond acceptors (Lipinski definition) is 20. The van der Waals surface area contributed by atoms with Gasteiger partial charge in [-0.3, -0.25) is 48.7 Å². The van der Waals surface area contributed by atoms with Gasteiger partial charge in [-0.15, -0.1) is 0 Å². The molecule has 0 aliphatic heterocycles. The number of rotatable bonds is 31. The second-order valence-electron chi connectivity index (χ2n) is 17.8. The van der Waals surface area contributed by atoms with E-state index in [1.165, 1.54) is 49.1 Å². The van der Waals surface area contributed by atoms with Gasteiger partial charge in [0.15, 0.2) is 23.0 Å². The third-order valence-corrected chi connectivity index (χ3v) is 12.4. The molecule has 77 heavy (non-hydrogen) atoms. The largest absolute Gasteiger partial charge is 0.503 e. The number of amides is 3. The summed E-state index contributed by atoms with van der Waals surface area (Å²) in [7, 11) is 0. The average molecular weight is 1080 g/mol. The number of aromatic hydroxyl groups is 4. The van der Waals surface area contributed by atoms with Gasteiger partial charge in [-0.1, -0.05) is 12.1 Å². The number of nitrogen functional groups attached to an aromatic ring is 1. The zero-order valence-corrected chi connectivity index (χ0v) is 42.2. The number of aliphatic hydroxyl groups excluding tert-OH is 5. The highest BCUT2D eigenvalue weighted by Gasteiger charge is 2.24. The molecule has 27 heteroatoms. The van der Waals surface area contributed by atoms with Crippen LogP contribution >= 0.6 is 0 Å². The highest BCUT2D eigenvalue weighted by Crippen LogP contribution is 2.20. The van der Waals surface area contributed by atoms with E-state index >= 15 is 0 Å². The second-order valence-corrected chi connectivity index (χ2v) is 17.8. The Kier molecular flexibility index (Phi) is 22.9. The number of nitrogens with two attached hydrogens (primary N) is 1. The minimum atomic E-state index is -1.53. The molecule has 5 aromatic rings. The number of anilines is 1. The number of aliphatic hydroxyl groups is 5. The van der Waals surface area contributed by atoms with E-state index in [1.54, 1.807) is 12.1 Å². The molecule has 0 fully saturated rings. The molecule has 1 aromatic carbocycles. The fraction of sp³-hybridized carbons (Fsp3) is 0.420. The van der Waals surface area contributed by atoms with Crippen LogP contribution in [0.3, 0.4) is 0 Å². The second kappa shape index (κ2) is 29.4. The first-order valence-corrected chi connectivity index (χ1v) is 24.6. The van der Waals surface area contributed by atoms with Crippen molar-refractivity contribution in [2.45, 2.75) is 38.8 Å². The Morgan fingerprint density at radius 2 is 0.831 bits per heavy atom. The lowest BCUT2D eigenvalue weighted by Crippen LogP contribution is -2.46. The number of nitrogens with one attached hydrogen (secondary N) is 4. The molecular formula is C50H67N11O16. The fourth-order valence-corrected chi connectivity index (χ4v) is 8.40. The van der Waals surface area contributed by atoms with Crippen LogP contribution in [0.1, 0.15) is 48.4 Å². The molecule has 0 saturated carbocycles. The summed E-state index contributed by atoms with van der Waals surface area (Å²) in [4.78, 5) is 94.7. The van der Waals surface area contributed by atoms with Crippen molar-refractivity contribution in [2.75, 3.05) is 97.6 Å². The van der Waals surface area contributed by atoms with Gasteiger partial charge in [-0.05, 0) is 54.3 Å². The first kappa shape index (κ1) is 60.0. The summed E-state index contributed by atoms with van der Waals surface area (Å²) >= 11 is 0. The summed E-state index contributed by atoms with van der Waals surface area (Å²) in [5, 5.41) is 102. The van der Waals surface area contributed by atoms with Gasteiger partial charge in [-0.2, -0.15) is 0 Å². The number of aromatic nitrogens is 4. The van der Waals surface area contributed by atoms with Gasteiger partial charge < -0.3 is 85.9 Å². The number of pyridine rings is 4. The summed E-state index contributed by atoms with van der Waals surface area (Å²) in [5.74, 6) is -5.88. The van der Waals surface area contributed by atoms with Gasteiger partial charge in [-0.25, -0.2) is 0 Å². The predicted molar refractivity (Wildman–Crippen MR) is 279 cm³/mol. The van der Waals surface area contributed by atoms with Crippen molar-refractivity contribution in [3.8, 4) is 23.0 Å². The van der Waals surface area contributed by atoms with Gasteiger partial charge in [0.25, 0.3) is 40.0 Å². The smallest absolute Gasteiger partial charge is 0.293 e. The maximum atomic E-state index is 13.4. The van der Waals surface area contributed by atoms with Gasteiger partial charge in [0.1, 0.15) is 6.23 Å². The van der Waals surface area contributed by atoms with Crippen molar-refractivity contribution < 1.29 is 60.3 Å². The van der Waals surface area contributed by atoms with Crippen molar-refractivity contribution >= 4 is 23.4 Å². The minimum absolute atomic E-state index is 0.0311. The Labute approximate surface area is 439 Å². The monoisotopic (exact) mass is 1080 g/mol. The lowest BCUT2D eigenvalue weighted by atomic mass is 9.97. The molecule has 2 atom stereocenters. The Bertz CT molecular complexity index is 2950. The molecule has 0 aliphatic rings. The number of hydrogen-bond donors (Lipinski definition) is 14. The van der Waals surface area contributed by atoms with Crippen LogP contribution in [-0.2, 0) is 32.6 Å². The van der Waals surface area contributed by atoms with E-state index in [1.807, 2.05) is 21.9 Å². The van der Waals surface area contributed by atoms with Crippen molar-refractivity contribution in [3.05, 3.63) is 143 Å². The summed E-state index contributed by atoms with van der Waals surface area (Å²) in [5.41, 5.74) is 2.85. The van der Waals surface area contributed by atoms with Gasteiger partial charge >= 0.3 is 0 Å². The van der Waals surface area contributed by atoms with Crippen LogP contribution in [0.4, 0.5) is 5.69 Å². The van der Waals surface area contributed by atoms with E-state index in [2.05, 4.69) is 21.3 Å². The molecule has 0 aliphatic carbocycles. The van der Waals surface area contributed by atoms with Crippen LogP contribution in [0.15, 0.2) is 92.5 Å². The summed E-state index contributed by atoms with van der Waals surface area (Å²) in [6.07, 6.45) is 3.95. The summed E-state index contributed by atoms with van der Waals surface area (Å²) < 4.78 is 4.20. The molecule has 3 amide bonds. The highest BCUT2D eigenvalue weighted by molar-refractivity contribution is 5.97. The van der Waals surface area contributed by atoms with E-state index in [0.29, 0.717) is 12.1 Å². The fourth-order valence-electron chi connectivity index (χ4n) is 8.40. The molecule has 418 valence electrons. The third kappa shape index (κ3) is 16.6. The van der Waals surface area contributed by atoms with E-state index in [4.69, 9.17) is 5.73 Å². The molecule has 27 nitrogen and oxygen atoms in total. The quantitative estimate of drug-likeness (QED) is 0.0149. The summed E-state index contributed by atoms with van der Waals surface area (Å²) in [6.45, 7) is -1.13. The van der Waals surface area contributed by atoms with Crippen molar-refractivity contribution in [1.29, 1.82) is 0 Å². The van der Waals surface area contributed by atoms with Crippen LogP contribution in [0.5, 0.6) is 23.0 Å². The Morgan fingerprint density at radius 3 is 1.19 bits per heavy atom. The normalized spacial score (nSPS) is 12.2. The standard InChI is InChI=1S/C50H67N11O16/c51-34-3-1-32(2-4-34)29-33(30-56(17-9-52-43(70)35-5-13-58(21-25-62)47(74)39(35)66)18-10-53-44(71)36-6-14-59(22-26-63)48(75)40(36)67)31-57(19-11-54-45(72)37-7-15-60(23-27-64)49(76)41(37)68)20-12-55-46(73)38-8-16-61(24-28-65)50(77)42(38)69/h1-8,13-16,33,43,52,62-70H,9-12,17-31,51H2,(H,53,71)(H,54,72)(H,55,73). The number of carbonyl (C=O) groups is 3. The van der Waals surface area contributed by atoms with Gasteiger partial charge in [0.2, 0.25) is 0 Å². The van der Waals surface area contributed by atoms with E-state index < -0.39 is 69.2 Å². The lowest BCUT2D eigenvalue weighted by Gasteiger charge is -2.32. The van der Waals surface area contributed by atoms with E-state index in [0.717, 1.165) is 23.8 Å². The summed E-state index contributed by atoms with van der Waals surface area (Å²) in [6, 6.07) is 12.1. The Morgan fingerprint density at radius 1 is 0.494 bits per heavy atom. The van der Waals surface area contributed by atoms with Crippen LogP contribution in [0, 0.1) is 5.92 Å². The molecule has 2 unspecified atom stereocenters. The Balaban J connectivity index is 1.43. The Hall–Kier alpha value is -7.89. The van der Waals surface area contributed by atoms with E-state index in [-0.39, 0.29) is 146 Å².